The number of hydrogen-bond acceptors (Lipinski definition) is 12. The fourth-order valence-electron chi connectivity index (χ4n) is 12.2. The van der Waals surface area contributed by atoms with E-state index in [1.54, 1.807) is 26.3 Å². The molecule has 0 radical (unpaired) electrons. The zero-order valence-corrected chi connectivity index (χ0v) is 45.0. The highest BCUT2D eigenvalue weighted by molar-refractivity contribution is 5.97. The van der Waals surface area contributed by atoms with Crippen LogP contribution in [0.5, 0.6) is 5.75 Å². The molecule has 6 bridgehead atoms. The molecule has 398 valence electrons. The van der Waals surface area contributed by atoms with Gasteiger partial charge in [0.1, 0.15) is 30.0 Å². The van der Waals surface area contributed by atoms with Crippen LogP contribution in [0.1, 0.15) is 88.8 Å². The van der Waals surface area contributed by atoms with Crippen LogP contribution in [0.2, 0.25) is 0 Å². The number of methoxy groups -OCH3 is 1. The summed E-state index contributed by atoms with van der Waals surface area (Å²) in [7, 11) is 5.48. The van der Waals surface area contributed by atoms with Crippen LogP contribution in [0.25, 0.3) is 33.3 Å². The molecule has 16 heteroatoms. The van der Waals surface area contributed by atoms with Crippen molar-refractivity contribution in [1.29, 1.82) is 0 Å². The number of phenols is 1. The van der Waals surface area contributed by atoms with Crippen LogP contribution in [0.4, 0.5) is 5.69 Å². The third kappa shape index (κ3) is 10.3. The molecule has 3 saturated heterocycles. The number of carbonyl (C=O) groups is 4. The van der Waals surface area contributed by atoms with E-state index in [4.69, 9.17) is 19.2 Å². The molecule has 6 heterocycles. The average molecular weight is 1020 g/mol. The number of aromatic nitrogens is 2. The highest BCUT2D eigenvalue weighted by Gasteiger charge is 2.59. The van der Waals surface area contributed by atoms with Crippen molar-refractivity contribution in [2.24, 2.45) is 17.3 Å². The summed E-state index contributed by atoms with van der Waals surface area (Å²) in [6, 6.07) is 20.6. The van der Waals surface area contributed by atoms with Gasteiger partial charge in [0.25, 0.3) is 11.8 Å². The molecule has 5 aromatic rings. The molecular formula is C59H74N8O8. The number of fused-ring (bicyclic) bond motifs is 9. The summed E-state index contributed by atoms with van der Waals surface area (Å²) in [4.78, 5) is 69.8. The molecule has 0 spiro atoms. The van der Waals surface area contributed by atoms with Crippen molar-refractivity contribution < 1.29 is 38.5 Å². The maximum Gasteiger partial charge on any atom is 0.325 e. The molecule has 4 aliphatic heterocycles. The van der Waals surface area contributed by atoms with Crippen molar-refractivity contribution in [2.75, 3.05) is 65.5 Å². The summed E-state index contributed by atoms with van der Waals surface area (Å²) in [5, 5.41) is 17.1. The van der Waals surface area contributed by atoms with Gasteiger partial charge in [0, 0.05) is 93.6 Å². The lowest BCUT2D eigenvalue weighted by atomic mass is 9.84. The Hall–Kier alpha value is -6.33. The third-order valence-corrected chi connectivity index (χ3v) is 16.4. The maximum atomic E-state index is 15.0. The second-order valence-electron chi connectivity index (χ2n) is 22.7. The lowest BCUT2D eigenvalue weighted by molar-refractivity contribution is -0.151. The van der Waals surface area contributed by atoms with Crippen molar-refractivity contribution in [2.45, 2.75) is 116 Å². The molecule has 2 aromatic heterocycles. The van der Waals surface area contributed by atoms with Crippen LogP contribution >= 0.6 is 0 Å². The Morgan fingerprint density at radius 1 is 1.00 bits per heavy atom. The standard InChI is InChI=1S/C59H74N8O8/c1-10-66-48-17-16-38-28-43(48)46(53(66)45-29-40(32-60-50(45)35(4)73-9)65-21-19-63(7)20-22-65)31-59(5,6)33-75-58(72)51-44-30-49(44)67(62-51)56(70)47(26-36-24-39(38)27-41(68)25-36)61-55(69)52(34(2)3)64(8)57(71)54-42(18-23-74-54)37-14-12-11-13-15-37/h11-17,24-25,27-29,32,34-35,42,44,47,49,51-52,54,62,68H,10,18-23,26,30-31,33H2,1-9H3,(H,61,69). The minimum Gasteiger partial charge on any atom is -0.508 e. The van der Waals surface area contributed by atoms with E-state index in [0.29, 0.717) is 38.0 Å². The smallest absolute Gasteiger partial charge is 0.325 e. The molecular weight excluding hydrogens is 949 g/mol. The van der Waals surface area contributed by atoms with Gasteiger partial charge in [-0.25, -0.2) is 5.43 Å². The number of piperazine rings is 1. The number of nitrogens with zero attached hydrogens (tertiary/aromatic N) is 6. The Morgan fingerprint density at radius 2 is 1.76 bits per heavy atom. The molecule has 1 aliphatic carbocycles. The number of pyridine rings is 1. The summed E-state index contributed by atoms with van der Waals surface area (Å²) in [5.74, 6) is -2.34. The molecule has 8 atom stereocenters. The summed E-state index contributed by atoms with van der Waals surface area (Å²) >= 11 is 0. The zero-order chi connectivity index (χ0) is 53.0. The topological polar surface area (TPSA) is 171 Å². The summed E-state index contributed by atoms with van der Waals surface area (Å²) in [6.45, 7) is 17.0. The van der Waals surface area contributed by atoms with Gasteiger partial charge in [-0.05, 0) is 104 Å². The second kappa shape index (κ2) is 21.0. The number of hydrogen-bond donors (Lipinski definition) is 3. The van der Waals surface area contributed by atoms with Gasteiger partial charge in [0.05, 0.1) is 42.0 Å². The van der Waals surface area contributed by atoms with Crippen LogP contribution < -0.4 is 15.6 Å². The first-order valence-corrected chi connectivity index (χ1v) is 26.9. The van der Waals surface area contributed by atoms with E-state index in [2.05, 4.69) is 77.2 Å². The SMILES string of the molecule is CCn1c(-c2cc(N3CCN(C)CC3)cnc2C(C)OC)c2c3cc(ccc31)-c1cc(O)cc(c1)CC(NC(=O)C(C(C)C)N(C)C(=O)C1OCCC1c1ccccc1)C(=O)N1NC(C(=O)OCC(C)(C)C2)C2CC21. The quantitative estimate of drug-likeness (QED) is 0.118. The number of benzene rings is 3. The van der Waals surface area contributed by atoms with Gasteiger partial charge in [-0.1, -0.05) is 70.2 Å². The predicted octanol–water partition coefficient (Wildman–Crippen LogP) is 6.87. The van der Waals surface area contributed by atoms with Crippen LogP contribution in [0, 0.1) is 17.3 Å². The Morgan fingerprint density at radius 3 is 2.48 bits per heavy atom. The molecule has 16 nitrogen and oxygen atoms in total. The summed E-state index contributed by atoms with van der Waals surface area (Å²) in [5.41, 5.74) is 11.8. The van der Waals surface area contributed by atoms with Gasteiger partial charge in [-0.3, -0.25) is 29.2 Å². The van der Waals surface area contributed by atoms with Gasteiger partial charge in [0.2, 0.25) is 5.91 Å². The van der Waals surface area contributed by atoms with Gasteiger partial charge in [0.15, 0.2) is 0 Å². The largest absolute Gasteiger partial charge is 0.508 e. The molecule has 10 rings (SSSR count). The van der Waals surface area contributed by atoms with Crippen LogP contribution in [0.15, 0.2) is 79.0 Å². The minimum atomic E-state index is -1.15. The van der Waals surface area contributed by atoms with Crippen molar-refractivity contribution >= 4 is 40.3 Å². The van der Waals surface area contributed by atoms with Crippen LogP contribution in [-0.4, -0.2) is 144 Å². The first kappa shape index (κ1) is 52.1. The van der Waals surface area contributed by atoms with Gasteiger partial charge < -0.3 is 43.9 Å². The Labute approximate surface area is 440 Å². The second-order valence-corrected chi connectivity index (χ2v) is 22.7. The minimum absolute atomic E-state index is 0.00646. The average Bonchev–Trinajstić information content (AvgIpc) is 3.69. The van der Waals surface area contributed by atoms with Crippen molar-refractivity contribution in [3.05, 3.63) is 101 Å². The molecule has 8 unspecified atom stereocenters. The highest BCUT2D eigenvalue weighted by atomic mass is 16.5. The van der Waals surface area contributed by atoms with Gasteiger partial charge in [-0.15, -0.1) is 0 Å². The molecule has 5 aliphatic rings. The van der Waals surface area contributed by atoms with Crippen LogP contribution in [-0.2, 0) is 52.8 Å². The zero-order valence-electron chi connectivity index (χ0n) is 45.0. The number of likely N-dealkylation sites (N-methyl/N-ethyl adjacent to an activating group) is 2. The van der Waals surface area contributed by atoms with E-state index < -0.39 is 47.4 Å². The number of carbonyl (C=O) groups excluding carboxylic acids is 4. The highest BCUT2D eigenvalue weighted by Crippen LogP contribution is 2.46. The number of phenolic OH excluding ortho intramolecular Hbond substituents is 1. The maximum absolute atomic E-state index is 15.0. The summed E-state index contributed by atoms with van der Waals surface area (Å²) < 4.78 is 20.7. The van der Waals surface area contributed by atoms with Crippen molar-refractivity contribution in [1.82, 2.24) is 35.1 Å². The Kier molecular flexibility index (Phi) is 14.6. The number of hydrazine groups is 1. The molecule has 3 amide bonds. The molecule has 1 saturated carbocycles. The normalized spacial score (nSPS) is 24.7. The molecule has 3 aromatic carbocycles. The third-order valence-electron chi connectivity index (χ3n) is 16.4. The summed E-state index contributed by atoms with van der Waals surface area (Å²) in [6.07, 6.45) is 2.71. The number of rotatable bonds is 11. The number of nitrogens with one attached hydrogen (secondary N) is 2. The van der Waals surface area contributed by atoms with Gasteiger partial charge >= 0.3 is 5.97 Å². The first-order valence-electron chi connectivity index (χ1n) is 26.9. The van der Waals surface area contributed by atoms with E-state index in [1.807, 2.05) is 63.4 Å². The number of amides is 3. The van der Waals surface area contributed by atoms with E-state index in [9.17, 15) is 19.5 Å². The van der Waals surface area contributed by atoms with E-state index in [1.165, 1.54) is 9.91 Å². The van der Waals surface area contributed by atoms with Crippen LogP contribution in [0.3, 0.4) is 0 Å². The Balaban J connectivity index is 1.05. The fraction of sp³-hybridized carbons (Fsp3) is 0.508. The Bertz CT molecular complexity index is 2970. The molecule has 3 N–H and O–H groups in total. The predicted molar refractivity (Wildman–Crippen MR) is 288 cm³/mol. The molecule has 75 heavy (non-hydrogen) atoms. The lowest BCUT2D eigenvalue weighted by Crippen LogP contribution is -2.59. The lowest BCUT2D eigenvalue weighted by Gasteiger charge is -2.34. The van der Waals surface area contributed by atoms with Gasteiger partial charge in [-0.2, -0.15) is 0 Å². The monoisotopic (exact) mass is 1020 g/mol. The van der Waals surface area contributed by atoms with E-state index >= 15 is 4.79 Å². The van der Waals surface area contributed by atoms with Crippen molar-refractivity contribution in [3.8, 4) is 28.1 Å². The number of ether oxygens (including phenoxy) is 3. The van der Waals surface area contributed by atoms with Crippen molar-refractivity contribution in [3.63, 3.8) is 0 Å². The van der Waals surface area contributed by atoms with E-state index in [0.717, 1.165) is 82.0 Å². The number of cyclic esters (lactones) is 1. The fourth-order valence-corrected chi connectivity index (χ4v) is 12.2. The first-order chi connectivity index (χ1) is 35.9. The number of aromatic hydroxyl groups is 1. The number of esters is 1. The van der Waals surface area contributed by atoms with E-state index in [-0.39, 0.29) is 54.6 Å². The number of anilines is 1. The molecule has 4 fully saturated rings. The number of aryl methyl sites for hydroxylation is 1.